The number of nitriles is 1. The van der Waals surface area contributed by atoms with Crippen molar-refractivity contribution in [3.05, 3.63) is 47.0 Å². The van der Waals surface area contributed by atoms with Crippen molar-refractivity contribution in [1.82, 2.24) is 10.6 Å². The summed E-state index contributed by atoms with van der Waals surface area (Å²) in [5.74, 6) is -1.92. The first-order chi connectivity index (χ1) is 21.3. The number of hydrogen-bond acceptors (Lipinski definition) is 7. The summed E-state index contributed by atoms with van der Waals surface area (Å²) in [6, 6.07) is 5.99. The van der Waals surface area contributed by atoms with Gasteiger partial charge in [0.05, 0.1) is 27.5 Å². The number of amides is 2. The van der Waals surface area contributed by atoms with Crippen molar-refractivity contribution in [2.24, 2.45) is 5.41 Å². The average molecular weight is 649 g/mol. The molecule has 0 atom stereocenters. The Morgan fingerprint density at radius 3 is 2.20 bits per heavy atom. The van der Waals surface area contributed by atoms with Crippen molar-refractivity contribution in [2.45, 2.75) is 103 Å². The fourth-order valence-electron chi connectivity index (χ4n) is 4.95. The lowest BCUT2D eigenvalue weighted by molar-refractivity contribution is -0.128. The molecule has 8 nitrogen and oxygen atoms in total. The molecule has 0 aromatic heterocycles. The van der Waals surface area contributed by atoms with Crippen LogP contribution in [0.3, 0.4) is 0 Å². The van der Waals surface area contributed by atoms with Gasteiger partial charge in [-0.1, -0.05) is 59.9 Å². The number of carbonyl (C=O) groups is 2. The van der Waals surface area contributed by atoms with Gasteiger partial charge in [0.1, 0.15) is 23.2 Å². The standard InChI is InChI=1S/C18H27FN4O.C13H14F2N2OS.C2H6/c19-12-6-8-23(9-7-12)17-11-16(21)15(20)10-14(17)18(24)22-13-4-2-1-3-5-13;1-13(2,3)12(18)17-6-8-4-5-9(14)11(10(8)15)19-7-16;1-2/h10-13H,1-9,20-21H2,(H,22,24);4-5H,6H2,1-3H3,(H,17,18);1-2H3. The molecule has 1 aliphatic carbocycles. The van der Waals surface area contributed by atoms with Crippen LogP contribution >= 0.6 is 11.8 Å². The van der Waals surface area contributed by atoms with E-state index in [9.17, 15) is 22.8 Å². The lowest BCUT2D eigenvalue weighted by Gasteiger charge is -2.32. The fraction of sp³-hybridized carbons (Fsp3) is 0.545. The summed E-state index contributed by atoms with van der Waals surface area (Å²) in [4.78, 5) is 26.2. The van der Waals surface area contributed by atoms with Crippen molar-refractivity contribution in [3.63, 3.8) is 0 Å². The Morgan fingerprint density at radius 1 is 1.02 bits per heavy atom. The van der Waals surface area contributed by atoms with Crippen LogP contribution in [-0.4, -0.2) is 37.1 Å². The number of piperidine rings is 1. The maximum Gasteiger partial charge on any atom is 0.253 e. The smallest absolute Gasteiger partial charge is 0.253 e. The van der Waals surface area contributed by atoms with E-state index in [-0.39, 0.29) is 34.9 Å². The minimum absolute atomic E-state index is 0.0405. The highest BCUT2D eigenvalue weighted by Gasteiger charge is 2.26. The minimum Gasteiger partial charge on any atom is -0.397 e. The van der Waals surface area contributed by atoms with Gasteiger partial charge in [-0.2, -0.15) is 5.26 Å². The molecular weight excluding hydrogens is 601 g/mol. The van der Waals surface area contributed by atoms with Crippen LogP contribution in [-0.2, 0) is 11.3 Å². The Labute approximate surface area is 269 Å². The SMILES string of the molecule is CC.CC(C)(C)C(=O)NCc1ccc(F)c(SC#N)c1F.Nc1cc(C(=O)NC2CCCCC2)c(N2CCC(F)CC2)cc1N. The molecule has 248 valence electrons. The van der Waals surface area contributed by atoms with E-state index in [1.54, 1.807) is 38.3 Å². The van der Waals surface area contributed by atoms with Crippen molar-refractivity contribution < 1.29 is 22.8 Å². The second-order valence-corrected chi connectivity index (χ2v) is 12.7. The highest BCUT2D eigenvalue weighted by molar-refractivity contribution is 8.03. The van der Waals surface area contributed by atoms with Crippen LogP contribution in [0.2, 0.25) is 0 Å². The number of benzene rings is 2. The van der Waals surface area contributed by atoms with E-state index in [0.29, 0.717) is 54.6 Å². The molecule has 2 aliphatic rings. The monoisotopic (exact) mass is 648 g/mol. The van der Waals surface area contributed by atoms with Gasteiger partial charge < -0.3 is 27.0 Å². The zero-order valence-electron chi connectivity index (χ0n) is 26.9. The summed E-state index contributed by atoms with van der Waals surface area (Å²) in [5, 5.41) is 15.8. The number of hydrogen-bond donors (Lipinski definition) is 4. The Balaban J connectivity index is 0.000000305. The number of carbonyl (C=O) groups excluding carboxylic acids is 2. The number of rotatable bonds is 6. The molecule has 0 bridgehead atoms. The third-order valence-corrected chi connectivity index (χ3v) is 8.22. The van der Waals surface area contributed by atoms with Gasteiger partial charge in [-0.05, 0) is 55.6 Å². The number of thiocyanates is 1. The lowest BCUT2D eigenvalue weighted by Crippen LogP contribution is -2.39. The first-order valence-electron chi connectivity index (χ1n) is 15.5. The fourth-order valence-corrected chi connectivity index (χ4v) is 5.43. The van der Waals surface area contributed by atoms with E-state index in [1.165, 1.54) is 12.5 Å². The molecule has 2 aromatic rings. The highest BCUT2D eigenvalue weighted by Crippen LogP contribution is 2.32. The molecule has 0 unspecified atom stereocenters. The summed E-state index contributed by atoms with van der Waals surface area (Å²) < 4.78 is 40.6. The number of anilines is 3. The number of nitrogens with zero attached hydrogens (tertiary/aromatic N) is 2. The van der Waals surface area contributed by atoms with Gasteiger partial charge in [-0.3, -0.25) is 9.59 Å². The van der Waals surface area contributed by atoms with E-state index < -0.39 is 23.2 Å². The number of nitrogen functional groups attached to an aromatic ring is 2. The molecule has 0 spiro atoms. The molecule has 45 heavy (non-hydrogen) atoms. The van der Waals surface area contributed by atoms with Crippen LogP contribution < -0.4 is 27.0 Å². The van der Waals surface area contributed by atoms with Gasteiger partial charge in [-0.15, -0.1) is 0 Å². The van der Waals surface area contributed by atoms with Gasteiger partial charge in [0.25, 0.3) is 5.91 Å². The van der Waals surface area contributed by atoms with Gasteiger partial charge in [0.2, 0.25) is 5.91 Å². The maximum atomic E-state index is 13.9. The van der Waals surface area contributed by atoms with E-state index in [2.05, 4.69) is 10.6 Å². The second kappa shape index (κ2) is 17.8. The Kier molecular flexibility index (Phi) is 14.9. The van der Waals surface area contributed by atoms with E-state index in [4.69, 9.17) is 16.7 Å². The molecule has 1 saturated heterocycles. The van der Waals surface area contributed by atoms with E-state index in [0.717, 1.165) is 37.4 Å². The van der Waals surface area contributed by atoms with E-state index >= 15 is 0 Å². The molecule has 2 amide bonds. The van der Waals surface area contributed by atoms with Gasteiger partial charge >= 0.3 is 0 Å². The molecule has 6 N–H and O–H groups in total. The number of halogens is 3. The van der Waals surface area contributed by atoms with Crippen molar-refractivity contribution in [2.75, 3.05) is 29.5 Å². The van der Waals surface area contributed by atoms with E-state index in [1.807, 2.05) is 18.7 Å². The molecule has 0 radical (unpaired) electrons. The summed E-state index contributed by atoms with van der Waals surface area (Å²) in [7, 11) is 0. The topological polar surface area (TPSA) is 137 Å². The normalized spacial score (nSPS) is 15.5. The van der Waals surface area contributed by atoms with Crippen molar-refractivity contribution in [1.29, 1.82) is 5.26 Å². The molecule has 2 fully saturated rings. The van der Waals surface area contributed by atoms with Crippen LogP contribution in [0.15, 0.2) is 29.2 Å². The second-order valence-electron chi connectivity index (χ2n) is 11.9. The average Bonchev–Trinajstić information content (AvgIpc) is 3.01. The Hall–Kier alpha value is -3.59. The number of nitrogens with one attached hydrogen (secondary N) is 2. The summed E-state index contributed by atoms with van der Waals surface area (Å²) in [6.07, 6.45) is 5.81. The third-order valence-electron chi connectivity index (χ3n) is 7.55. The maximum absolute atomic E-state index is 13.9. The van der Waals surface area contributed by atoms with Crippen molar-refractivity contribution >= 4 is 40.6 Å². The summed E-state index contributed by atoms with van der Waals surface area (Å²) >= 11 is 0.425. The van der Waals surface area contributed by atoms with Crippen LogP contribution in [0, 0.1) is 27.7 Å². The molecular formula is C33H47F3N6O2S. The summed E-state index contributed by atoms with van der Waals surface area (Å²) in [6.45, 7) is 10.4. The first kappa shape index (κ1) is 37.6. The zero-order chi connectivity index (χ0) is 33.7. The highest BCUT2D eigenvalue weighted by atomic mass is 32.2. The van der Waals surface area contributed by atoms with Crippen LogP contribution in [0.25, 0.3) is 0 Å². The van der Waals surface area contributed by atoms with Gasteiger partial charge in [-0.25, -0.2) is 13.2 Å². The number of alkyl halides is 1. The van der Waals surface area contributed by atoms with Crippen LogP contribution in [0.5, 0.6) is 0 Å². The zero-order valence-corrected chi connectivity index (χ0v) is 27.8. The largest absolute Gasteiger partial charge is 0.397 e. The van der Waals surface area contributed by atoms with Crippen molar-refractivity contribution in [3.8, 4) is 5.40 Å². The minimum atomic E-state index is -0.805. The van der Waals surface area contributed by atoms with Crippen LogP contribution in [0.1, 0.15) is 95.5 Å². The quantitative estimate of drug-likeness (QED) is 0.149. The number of nitrogens with two attached hydrogens (primary N) is 2. The summed E-state index contributed by atoms with van der Waals surface area (Å²) in [5.41, 5.74) is 13.6. The first-order valence-corrected chi connectivity index (χ1v) is 16.3. The number of thioether (sulfide) groups is 1. The third kappa shape index (κ3) is 11.1. The molecule has 12 heteroatoms. The molecule has 1 saturated carbocycles. The predicted molar refractivity (Wildman–Crippen MR) is 176 cm³/mol. The Bertz CT molecular complexity index is 1330. The lowest BCUT2D eigenvalue weighted by atomic mass is 9.95. The molecule has 4 rings (SSSR count). The van der Waals surface area contributed by atoms with Gasteiger partial charge in [0.15, 0.2) is 0 Å². The molecule has 2 aromatic carbocycles. The van der Waals surface area contributed by atoms with Crippen LogP contribution in [0.4, 0.5) is 30.2 Å². The molecule has 1 aliphatic heterocycles. The molecule has 1 heterocycles. The predicted octanol–water partition coefficient (Wildman–Crippen LogP) is 7.08. The Morgan fingerprint density at radius 2 is 1.62 bits per heavy atom. The van der Waals surface area contributed by atoms with Gasteiger partial charge in [0, 0.05) is 36.7 Å².